The zero-order valence-electron chi connectivity index (χ0n) is 19.7. The molecule has 174 valence electrons. The maximum absolute atomic E-state index is 13.7. The number of benzene rings is 3. The summed E-state index contributed by atoms with van der Waals surface area (Å²) < 4.78 is 11.2. The van der Waals surface area contributed by atoms with Crippen LogP contribution in [0.5, 0.6) is 11.5 Å². The van der Waals surface area contributed by atoms with E-state index in [4.69, 9.17) is 9.47 Å². The highest BCUT2D eigenvalue weighted by Crippen LogP contribution is 2.37. The molecule has 0 radical (unpaired) electrons. The Hall–Kier alpha value is -4.06. The molecule has 0 saturated heterocycles. The average molecular weight is 457 g/mol. The molecule has 1 aliphatic heterocycles. The largest absolute Gasteiger partial charge is 0.494 e. The number of carbonyl (C=O) groups excluding carboxylic acids is 2. The van der Waals surface area contributed by atoms with Crippen LogP contribution in [0.25, 0.3) is 5.57 Å². The van der Waals surface area contributed by atoms with Gasteiger partial charge in [-0.15, -0.1) is 0 Å². The normalized spacial score (nSPS) is 13.4. The van der Waals surface area contributed by atoms with Gasteiger partial charge in [-0.1, -0.05) is 37.3 Å². The molecule has 0 aliphatic carbocycles. The van der Waals surface area contributed by atoms with Crippen LogP contribution in [0.2, 0.25) is 0 Å². The van der Waals surface area contributed by atoms with Gasteiger partial charge in [0.15, 0.2) is 0 Å². The minimum absolute atomic E-state index is 0.326. The van der Waals surface area contributed by atoms with Crippen molar-refractivity contribution >= 4 is 28.8 Å². The first-order valence-corrected chi connectivity index (χ1v) is 11.4. The summed E-state index contributed by atoms with van der Waals surface area (Å²) in [6, 6.07) is 23.8. The van der Waals surface area contributed by atoms with Crippen LogP contribution in [0.4, 0.5) is 11.4 Å². The number of anilines is 2. The van der Waals surface area contributed by atoms with Crippen molar-refractivity contribution in [2.75, 3.05) is 30.1 Å². The van der Waals surface area contributed by atoms with E-state index in [9.17, 15) is 9.59 Å². The number of carbonyl (C=O) groups is 2. The number of ether oxygens (including phenoxy) is 2. The van der Waals surface area contributed by atoms with Crippen molar-refractivity contribution < 1.29 is 19.1 Å². The van der Waals surface area contributed by atoms with Gasteiger partial charge in [0, 0.05) is 12.7 Å². The minimum Gasteiger partial charge on any atom is -0.494 e. The number of hydrogen-bond acceptors (Lipinski definition) is 5. The monoisotopic (exact) mass is 456 g/mol. The second kappa shape index (κ2) is 10.3. The molecular weight excluding hydrogens is 428 g/mol. The van der Waals surface area contributed by atoms with Gasteiger partial charge in [-0.05, 0) is 67.4 Å². The molecule has 6 heteroatoms. The van der Waals surface area contributed by atoms with Crippen molar-refractivity contribution in [3.63, 3.8) is 0 Å². The number of rotatable bonds is 9. The molecule has 4 rings (SSSR count). The fourth-order valence-corrected chi connectivity index (χ4v) is 3.90. The highest BCUT2D eigenvalue weighted by Gasteiger charge is 2.42. The van der Waals surface area contributed by atoms with E-state index in [1.807, 2.05) is 68.4 Å². The smallest absolute Gasteiger partial charge is 0.282 e. The van der Waals surface area contributed by atoms with E-state index in [1.165, 1.54) is 4.90 Å². The molecule has 6 nitrogen and oxygen atoms in total. The van der Waals surface area contributed by atoms with Crippen LogP contribution in [0, 0.1) is 0 Å². The molecule has 2 amide bonds. The fraction of sp³-hybridized carbons (Fsp3) is 0.214. The predicted molar refractivity (Wildman–Crippen MR) is 134 cm³/mol. The summed E-state index contributed by atoms with van der Waals surface area (Å²) >= 11 is 0. The molecule has 0 spiro atoms. The van der Waals surface area contributed by atoms with Gasteiger partial charge >= 0.3 is 0 Å². The number of imide groups is 1. The standard InChI is InChI=1S/C28H28N2O4/c1-4-19-34-24-15-11-20(12-16-24)25-26(29(3)21-9-7-6-8-10-21)28(32)30(27(25)31)22-13-17-23(18-14-22)33-5-2/h6-18H,4-5,19H2,1-3H3. The number of nitrogens with zero attached hydrogens (tertiary/aromatic N) is 2. The Labute approximate surface area is 200 Å². The van der Waals surface area contributed by atoms with Crippen molar-refractivity contribution in [1.82, 2.24) is 0 Å². The molecule has 3 aromatic rings. The highest BCUT2D eigenvalue weighted by molar-refractivity contribution is 6.46. The van der Waals surface area contributed by atoms with Crippen molar-refractivity contribution in [3.05, 3.63) is 90.1 Å². The highest BCUT2D eigenvalue weighted by atomic mass is 16.5. The number of likely N-dealkylation sites (N-methyl/N-ethyl adjacent to an activating group) is 1. The van der Waals surface area contributed by atoms with Crippen LogP contribution in [0.3, 0.4) is 0 Å². The number of para-hydroxylation sites is 1. The lowest BCUT2D eigenvalue weighted by Crippen LogP contribution is -2.34. The first kappa shape index (κ1) is 23.1. The van der Waals surface area contributed by atoms with Crippen LogP contribution in [-0.2, 0) is 9.59 Å². The summed E-state index contributed by atoms with van der Waals surface area (Å²) in [5.41, 5.74) is 2.65. The number of hydrogen-bond donors (Lipinski definition) is 0. The Morgan fingerprint density at radius 1 is 0.765 bits per heavy atom. The summed E-state index contributed by atoms with van der Waals surface area (Å²) in [5.74, 6) is 0.670. The lowest BCUT2D eigenvalue weighted by Gasteiger charge is -2.21. The van der Waals surface area contributed by atoms with E-state index < -0.39 is 0 Å². The minimum atomic E-state index is -0.373. The van der Waals surface area contributed by atoms with E-state index in [2.05, 4.69) is 0 Å². The van der Waals surface area contributed by atoms with Crippen LogP contribution >= 0.6 is 0 Å². The van der Waals surface area contributed by atoms with E-state index >= 15 is 0 Å². The van der Waals surface area contributed by atoms with Crippen molar-refractivity contribution in [3.8, 4) is 11.5 Å². The first-order chi connectivity index (χ1) is 16.5. The molecule has 0 aromatic heterocycles. The van der Waals surface area contributed by atoms with Gasteiger partial charge in [-0.3, -0.25) is 9.59 Å². The second-order valence-electron chi connectivity index (χ2n) is 7.86. The van der Waals surface area contributed by atoms with E-state index in [-0.39, 0.29) is 11.8 Å². The summed E-state index contributed by atoms with van der Waals surface area (Å²) in [6.07, 6.45) is 0.906. The van der Waals surface area contributed by atoms with Gasteiger partial charge in [-0.2, -0.15) is 0 Å². The Bertz CT molecular complexity index is 1190. The molecule has 0 N–H and O–H groups in total. The van der Waals surface area contributed by atoms with Gasteiger partial charge in [0.2, 0.25) is 0 Å². The van der Waals surface area contributed by atoms with Gasteiger partial charge in [0.1, 0.15) is 17.2 Å². The fourth-order valence-electron chi connectivity index (χ4n) is 3.90. The van der Waals surface area contributed by atoms with Crippen LogP contribution in [0.1, 0.15) is 25.8 Å². The third-order valence-corrected chi connectivity index (χ3v) is 5.56. The summed E-state index contributed by atoms with van der Waals surface area (Å²) in [4.78, 5) is 30.4. The maximum Gasteiger partial charge on any atom is 0.282 e. The molecule has 0 unspecified atom stereocenters. The second-order valence-corrected chi connectivity index (χ2v) is 7.86. The number of amides is 2. The summed E-state index contributed by atoms with van der Waals surface area (Å²) in [7, 11) is 1.80. The molecule has 0 atom stereocenters. The van der Waals surface area contributed by atoms with Gasteiger partial charge < -0.3 is 14.4 Å². The predicted octanol–water partition coefficient (Wildman–Crippen LogP) is 5.30. The molecule has 0 bridgehead atoms. The zero-order valence-corrected chi connectivity index (χ0v) is 19.7. The third-order valence-electron chi connectivity index (χ3n) is 5.56. The maximum atomic E-state index is 13.7. The Morgan fingerprint density at radius 2 is 1.38 bits per heavy atom. The quantitative estimate of drug-likeness (QED) is 0.409. The zero-order chi connectivity index (χ0) is 24.1. The SMILES string of the molecule is CCCOc1ccc(C2=C(N(C)c3ccccc3)C(=O)N(c3ccc(OCC)cc3)C2=O)cc1. The van der Waals surface area contributed by atoms with Crippen LogP contribution in [-0.4, -0.2) is 32.1 Å². The Balaban J connectivity index is 1.76. The topological polar surface area (TPSA) is 59.1 Å². The average Bonchev–Trinajstić information content (AvgIpc) is 3.13. The van der Waals surface area contributed by atoms with Gasteiger partial charge in [0.25, 0.3) is 11.8 Å². The van der Waals surface area contributed by atoms with E-state index in [0.29, 0.717) is 41.5 Å². The van der Waals surface area contributed by atoms with Crippen molar-refractivity contribution in [1.29, 1.82) is 0 Å². The van der Waals surface area contributed by atoms with Gasteiger partial charge in [0.05, 0.1) is 24.5 Å². The summed E-state index contributed by atoms with van der Waals surface area (Å²) in [5, 5.41) is 0. The van der Waals surface area contributed by atoms with E-state index in [0.717, 1.165) is 17.9 Å². The van der Waals surface area contributed by atoms with Crippen LogP contribution < -0.4 is 19.3 Å². The lowest BCUT2D eigenvalue weighted by molar-refractivity contribution is -0.120. The third kappa shape index (κ3) is 4.53. The molecule has 0 saturated carbocycles. The summed E-state index contributed by atoms with van der Waals surface area (Å²) in [6.45, 7) is 5.11. The molecule has 34 heavy (non-hydrogen) atoms. The van der Waals surface area contributed by atoms with Crippen molar-refractivity contribution in [2.24, 2.45) is 0 Å². The Morgan fingerprint density at radius 3 is 2.00 bits per heavy atom. The molecule has 3 aromatic carbocycles. The first-order valence-electron chi connectivity index (χ1n) is 11.4. The lowest BCUT2D eigenvalue weighted by atomic mass is 10.0. The molecular formula is C28H28N2O4. The van der Waals surface area contributed by atoms with E-state index in [1.54, 1.807) is 36.2 Å². The Kier molecular flexibility index (Phi) is 6.97. The molecule has 1 heterocycles. The van der Waals surface area contributed by atoms with Gasteiger partial charge in [-0.25, -0.2) is 4.90 Å². The molecule has 1 aliphatic rings. The van der Waals surface area contributed by atoms with Crippen LogP contribution in [0.15, 0.2) is 84.6 Å². The molecule has 0 fully saturated rings. The van der Waals surface area contributed by atoms with Crippen molar-refractivity contribution in [2.45, 2.75) is 20.3 Å².